The zero-order chi connectivity index (χ0) is 23.3. The number of amides is 2. The summed E-state index contributed by atoms with van der Waals surface area (Å²) in [6.45, 7) is 1.19. The summed E-state index contributed by atoms with van der Waals surface area (Å²) >= 11 is 12.5. The van der Waals surface area contributed by atoms with Gasteiger partial charge in [-0.15, -0.1) is 0 Å². The first-order valence-electron chi connectivity index (χ1n) is 9.41. The quantitative estimate of drug-likeness (QED) is 0.523. The third-order valence-electron chi connectivity index (χ3n) is 4.49. The first kappa shape index (κ1) is 23.3. The number of hydrogen-bond donors (Lipinski definition) is 1. The Labute approximate surface area is 194 Å². The average Bonchev–Trinajstić information content (AvgIpc) is 3.06. The Kier molecular flexibility index (Phi) is 7.50. The largest absolute Gasteiger partial charge is 0.497 e. The van der Waals surface area contributed by atoms with E-state index >= 15 is 0 Å². The molecule has 0 aliphatic heterocycles. The van der Waals surface area contributed by atoms with E-state index in [-0.39, 0.29) is 22.8 Å². The summed E-state index contributed by atoms with van der Waals surface area (Å²) < 4.78 is 11.5. The van der Waals surface area contributed by atoms with E-state index in [4.69, 9.17) is 32.7 Å². The van der Waals surface area contributed by atoms with Crippen LogP contribution in [0.4, 0.5) is 0 Å². The minimum Gasteiger partial charge on any atom is -0.497 e. The molecule has 2 aromatic carbocycles. The molecule has 10 heteroatoms. The van der Waals surface area contributed by atoms with Crippen molar-refractivity contribution in [2.75, 3.05) is 13.7 Å². The lowest BCUT2D eigenvalue weighted by Crippen LogP contribution is -2.34. The highest BCUT2D eigenvalue weighted by Crippen LogP contribution is 2.24. The van der Waals surface area contributed by atoms with E-state index in [1.165, 1.54) is 23.9 Å². The molecule has 0 radical (unpaired) electrons. The van der Waals surface area contributed by atoms with Crippen LogP contribution >= 0.6 is 23.2 Å². The van der Waals surface area contributed by atoms with Crippen LogP contribution in [0.15, 0.2) is 48.5 Å². The predicted molar refractivity (Wildman–Crippen MR) is 118 cm³/mol. The first-order valence-corrected chi connectivity index (χ1v) is 10.2. The first-order chi connectivity index (χ1) is 15.3. The van der Waals surface area contributed by atoms with Crippen molar-refractivity contribution in [3.63, 3.8) is 0 Å². The van der Waals surface area contributed by atoms with Gasteiger partial charge >= 0.3 is 5.97 Å². The van der Waals surface area contributed by atoms with Gasteiger partial charge in [-0.1, -0.05) is 41.4 Å². The summed E-state index contributed by atoms with van der Waals surface area (Å²) in [7, 11) is 1.50. The highest BCUT2D eigenvalue weighted by molar-refractivity contribution is 6.33. The van der Waals surface area contributed by atoms with E-state index < -0.39 is 24.4 Å². The number of carbonyl (C=O) groups is 3. The van der Waals surface area contributed by atoms with Gasteiger partial charge in [-0.05, 0) is 42.8 Å². The van der Waals surface area contributed by atoms with Gasteiger partial charge in [0.15, 0.2) is 6.61 Å². The predicted octanol–water partition coefficient (Wildman–Crippen LogP) is 3.67. The molecule has 0 fully saturated rings. The monoisotopic (exact) mass is 475 g/mol. The fourth-order valence-electron chi connectivity index (χ4n) is 2.86. The fraction of sp³-hybridized carbons (Fsp3) is 0.182. The molecule has 8 nitrogen and oxygen atoms in total. The topological polar surface area (TPSA) is 99.5 Å². The minimum absolute atomic E-state index is 0.0352. The Hall–Kier alpha value is -3.36. The van der Waals surface area contributed by atoms with Gasteiger partial charge in [0.05, 0.1) is 19.3 Å². The fourth-order valence-corrected chi connectivity index (χ4v) is 3.37. The van der Waals surface area contributed by atoms with Crippen LogP contribution in [0.25, 0.3) is 0 Å². The Morgan fingerprint density at radius 3 is 2.41 bits per heavy atom. The van der Waals surface area contributed by atoms with Crippen molar-refractivity contribution in [1.82, 2.24) is 15.1 Å². The summed E-state index contributed by atoms with van der Waals surface area (Å²) in [6, 6.07) is 13.4. The Morgan fingerprint density at radius 2 is 1.75 bits per heavy atom. The average molecular weight is 476 g/mol. The second-order valence-electron chi connectivity index (χ2n) is 6.68. The number of hydrogen-bond acceptors (Lipinski definition) is 6. The van der Waals surface area contributed by atoms with E-state index in [1.807, 2.05) is 12.1 Å². The summed E-state index contributed by atoms with van der Waals surface area (Å²) in [5.74, 6) is -1.67. The number of aryl methyl sites for hydroxylation is 1. The number of nitrogens with zero attached hydrogens (tertiary/aromatic N) is 2. The Morgan fingerprint density at radius 1 is 1.06 bits per heavy atom. The van der Waals surface area contributed by atoms with Crippen molar-refractivity contribution in [1.29, 1.82) is 0 Å². The molecular formula is C22H19Cl2N3O5. The second kappa shape index (κ2) is 10.3. The molecule has 1 heterocycles. The summed E-state index contributed by atoms with van der Waals surface area (Å²) in [6.07, 6.45) is 0. The number of rotatable bonds is 7. The zero-order valence-corrected chi connectivity index (χ0v) is 18.7. The molecule has 2 amide bonds. The maximum atomic E-state index is 12.5. The minimum atomic E-state index is -0.829. The van der Waals surface area contributed by atoms with Crippen molar-refractivity contribution in [2.45, 2.75) is 13.5 Å². The molecule has 0 spiro atoms. The number of ether oxygens (including phenoxy) is 2. The van der Waals surface area contributed by atoms with Crippen LogP contribution in [-0.2, 0) is 16.1 Å². The molecule has 0 aliphatic carbocycles. The molecule has 0 saturated heterocycles. The third kappa shape index (κ3) is 5.46. The van der Waals surface area contributed by atoms with Crippen LogP contribution in [0.2, 0.25) is 10.2 Å². The summed E-state index contributed by atoms with van der Waals surface area (Å²) in [5, 5.41) is 7.01. The van der Waals surface area contributed by atoms with Gasteiger partial charge in [0.1, 0.15) is 16.5 Å². The van der Waals surface area contributed by atoms with E-state index in [9.17, 15) is 14.4 Å². The maximum absolute atomic E-state index is 12.5. The molecule has 3 aromatic rings. The number of carbonyl (C=O) groups excluding carboxylic acids is 3. The van der Waals surface area contributed by atoms with E-state index in [0.29, 0.717) is 16.5 Å². The molecule has 0 aliphatic rings. The van der Waals surface area contributed by atoms with Crippen LogP contribution in [0.5, 0.6) is 5.75 Å². The van der Waals surface area contributed by atoms with Crippen molar-refractivity contribution in [2.24, 2.45) is 0 Å². The van der Waals surface area contributed by atoms with Crippen molar-refractivity contribution in [3.05, 3.63) is 81.1 Å². The van der Waals surface area contributed by atoms with E-state index in [0.717, 1.165) is 5.56 Å². The SMILES string of the molecule is COc1ccc(C(=O)NC(=O)COC(=O)c2c(C)nn(Cc3ccccc3Cl)c2Cl)cc1. The number of nitrogens with one attached hydrogen (secondary N) is 1. The lowest BCUT2D eigenvalue weighted by Gasteiger charge is -2.07. The van der Waals surface area contributed by atoms with Gasteiger partial charge < -0.3 is 9.47 Å². The third-order valence-corrected chi connectivity index (χ3v) is 5.24. The molecule has 0 saturated carbocycles. The number of imide groups is 1. The van der Waals surface area contributed by atoms with Crippen molar-refractivity contribution < 1.29 is 23.9 Å². The van der Waals surface area contributed by atoms with E-state index in [1.54, 1.807) is 31.2 Å². The maximum Gasteiger partial charge on any atom is 0.343 e. The number of esters is 1. The van der Waals surface area contributed by atoms with Crippen LogP contribution in [-0.4, -0.2) is 41.3 Å². The molecule has 0 unspecified atom stereocenters. The molecule has 166 valence electrons. The van der Waals surface area contributed by atoms with Crippen LogP contribution in [0.1, 0.15) is 32.0 Å². The number of aromatic nitrogens is 2. The standard InChI is InChI=1S/C22H19Cl2N3O5/c1-13-19(20(24)27(26-13)11-15-5-3-4-6-17(15)23)22(30)32-12-18(28)25-21(29)14-7-9-16(31-2)10-8-14/h3-10H,11-12H2,1-2H3,(H,25,28,29). The molecular weight excluding hydrogens is 457 g/mol. The van der Waals surface area contributed by atoms with Crippen LogP contribution in [0.3, 0.4) is 0 Å². The van der Waals surface area contributed by atoms with Gasteiger partial charge in [-0.3, -0.25) is 14.9 Å². The smallest absolute Gasteiger partial charge is 0.343 e. The summed E-state index contributed by atoms with van der Waals surface area (Å²) in [4.78, 5) is 36.6. The van der Waals surface area contributed by atoms with Crippen molar-refractivity contribution >= 4 is 41.0 Å². The van der Waals surface area contributed by atoms with Gasteiger partial charge in [0.25, 0.3) is 11.8 Å². The van der Waals surface area contributed by atoms with Crippen LogP contribution < -0.4 is 10.1 Å². The Bertz CT molecular complexity index is 1160. The molecule has 3 rings (SSSR count). The molecule has 0 atom stereocenters. The highest BCUT2D eigenvalue weighted by Gasteiger charge is 2.23. The number of methoxy groups -OCH3 is 1. The molecule has 0 bridgehead atoms. The van der Waals surface area contributed by atoms with Gasteiger partial charge in [-0.25, -0.2) is 9.48 Å². The lowest BCUT2D eigenvalue weighted by molar-refractivity contribution is -0.123. The number of benzene rings is 2. The van der Waals surface area contributed by atoms with Gasteiger partial charge in [-0.2, -0.15) is 5.10 Å². The number of halogens is 2. The molecule has 1 aromatic heterocycles. The highest BCUT2D eigenvalue weighted by atomic mass is 35.5. The van der Waals surface area contributed by atoms with Crippen molar-refractivity contribution in [3.8, 4) is 5.75 Å². The normalized spacial score (nSPS) is 10.5. The molecule has 32 heavy (non-hydrogen) atoms. The van der Waals surface area contributed by atoms with Gasteiger partial charge in [0, 0.05) is 10.6 Å². The zero-order valence-electron chi connectivity index (χ0n) is 17.2. The van der Waals surface area contributed by atoms with Gasteiger partial charge in [0.2, 0.25) is 0 Å². The summed E-state index contributed by atoms with van der Waals surface area (Å²) in [5.41, 5.74) is 1.40. The van der Waals surface area contributed by atoms with E-state index in [2.05, 4.69) is 10.4 Å². The second-order valence-corrected chi connectivity index (χ2v) is 7.45. The lowest BCUT2D eigenvalue weighted by atomic mass is 10.2. The Balaban J connectivity index is 1.60. The molecule has 1 N–H and O–H groups in total. The van der Waals surface area contributed by atoms with Crippen LogP contribution in [0, 0.1) is 6.92 Å².